The van der Waals surface area contributed by atoms with E-state index in [2.05, 4.69) is 164 Å². The van der Waals surface area contributed by atoms with Gasteiger partial charge in [-0.25, -0.2) is 15.0 Å². The van der Waals surface area contributed by atoms with E-state index in [1.54, 1.807) is 0 Å². The van der Waals surface area contributed by atoms with Gasteiger partial charge in [-0.15, -0.1) is 0 Å². The minimum atomic E-state index is -0.577. The standard InChI is InChI=1S/C58H35N3O2/c1-3-15-36(16-4-1)38-19-13-20-39(33-38)40-21-14-22-41(34-40)56-59-55(37-17-5-2-6-18-37)60-57(61-56)42-29-30-43-44-31-32-49-53(54(44)63-52(43)35-42)45-23-7-8-24-46(45)58(49)47-25-9-11-27-50(47)62-51-28-12-10-26-48(51)58/h1-35H. The molecule has 2 aromatic heterocycles. The van der Waals surface area contributed by atoms with Gasteiger partial charge in [-0.3, -0.25) is 0 Å². The highest BCUT2D eigenvalue weighted by Crippen LogP contribution is 2.63. The normalized spacial score (nSPS) is 13.0. The Balaban J connectivity index is 0.966. The first-order chi connectivity index (χ1) is 31.2. The van der Waals surface area contributed by atoms with Gasteiger partial charge in [-0.05, 0) is 75.3 Å². The molecule has 0 N–H and O–H groups in total. The van der Waals surface area contributed by atoms with Gasteiger partial charge >= 0.3 is 0 Å². The fourth-order valence-electron chi connectivity index (χ4n) is 10.0. The molecule has 9 aromatic carbocycles. The summed E-state index contributed by atoms with van der Waals surface area (Å²) in [6.45, 7) is 0. The molecular weight excluding hydrogens is 771 g/mol. The van der Waals surface area contributed by atoms with Crippen LogP contribution in [0.2, 0.25) is 0 Å². The van der Waals surface area contributed by atoms with Gasteiger partial charge in [0.1, 0.15) is 22.7 Å². The van der Waals surface area contributed by atoms with Crippen molar-refractivity contribution in [1.82, 2.24) is 15.0 Å². The molecule has 1 spiro atoms. The largest absolute Gasteiger partial charge is 0.457 e. The molecule has 1 aliphatic heterocycles. The Morgan fingerprint density at radius 2 is 0.825 bits per heavy atom. The average molecular weight is 806 g/mol. The number of nitrogens with zero attached hydrogens (tertiary/aromatic N) is 3. The van der Waals surface area contributed by atoms with Crippen molar-refractivity contribution in [3.63, 3.8) is 0 Å². The van der Waals surface area contributed by atoms with Crippen LogP contribution >= 0.6 is 0 Å². The summed E-state index contributed by atoms with van der Waals surface area (Å²) < 4.78 is 13.6. The van der Waals surface area contributed by atoms with Gasteiger partial charge in [0.2, 0.25) is 0 Å². The number of benzene rings is 9. The van der Waals surface area contributed by atoms with E-state index in [0.29, 0.717) is 17.5 Å². The van der Waals surface area contributed by atoms with E-state index in [4.69, 9.17) is 24.1 Å². The third kappa shape index (κ3) is 5.40. The van der Waals surface area contributed by atoms with Crippen LogP contribution in [0.5, 0.6) is 11.5 Å². The molecule has 0 saturated carbocycles. The highest BCUT2D eigenvalue weighted by atomic mass is 16.5. The first-order valence-corrected chi connectivity index (χ1v) is 21.3. The molecule has 3 heterocycles. The second-order valence-corrected chi connectivity index (χ2v) is 16.3. The van der Waals surface area contributed by atoms with E-state index in [-0.39, 0.29) is 0 Å². The molecule has 5 nitrogen and oxygen atoms in total. The molecule has 1 aliphatic carbocycles. The summed E-state index contributed by atoms with van der Waals surface area (Å²) in [6.07, 6.45) is 0. The van der Waals surface area contributed by atoms with Crippen LogP contribution in [-0.2, 0) is 5.41 Å². The van der Waals surface area contributed by atoms with Crippen LogP contribution in [0.15, 0.2) is 217 Å². The Labute approximate surface area is 363 Å². The third-order valence-electron chi connectivity index (χ3n) is 12.8. The molecule has 0 amide bonds. The van der Waals surface area contributed by atoms with E-state index in [9.17, 15) is 0 Å². The number of aromatic nitrogens is 3. The molecule has 0 radical (unpaired) electrons. The lowest BCUT2D eigenvalue weighted by molar-refractivity contribution is 0.436. The van der Waals surface area contributed by atoms with Gasteiger partial charge in [-0.2, -0.15) is 0 Å². The molecule has 0 saturated heterocycles. The van der Waals surface area contributed by atoms with Gasteiger partial charge in [0.25, 0.3) is 0 Å². The molecular formula is C58H35N3O2. The Hall–Kier alpha value is -8.41. The summed E-state index contributed by atoms with van der Waals surface area (Å²) in [5, 5.41) is 2.09. The fourth-order valence-corrected chi connectivity index (χ4v) is 10.0. The maximum atomic E-state index is 7.06. The van der Waals surface area contributed by atoms with Crippen molar-refractivity contribution in [2.24, 2.45) is 0 Å². The lowest BCUT2D eigenvalue weighted by atomic mass is 9.66. The second-order valence-electron chi connectivity index (χ2n) is 16.3. The molecule has 0 bridgehead atoms. The first kappa shape index (κ1) is 35.4. The minimum absolute atomic E-state index is 0.572. The quantitative estimate of drug-likeness (QED) is 0.173. The lowest BCUT2D eigenvalue weighted by Gasteiger charge is -2.39. The molecule has 5 heteroatoms. The summed E-state index contributed by atoms with van der Waals surface area (Å²) in [4.78, 5) is 15.3. The lowest BCUT2D eigenvalue weighted by Crippen LogP contribution is -2.32. The summed E-state index contributed by atoms with van der Waals surface area (Å²) >= 11 is 0. The molecule has 0 fully saturated rings. The molecule has 0 atom stereocenters. The van der Waals surface area contributed by atoms with Crippen LogP contribution in [0.25, 0.3) is 89.5 Å². The van der Waals surface area contributed by atoms with Gasteiger partial charge in [-0.1, -0.05) is 176 Å². The molecule has 2 aliphatic rings. The fraction of sp³-hybridized carbons (Fsp3) is 0.0172. The highest BCUT2D eigenvalue weighted by Gasteiger charge is 2.51. The van der Waals surface area contributed by atoms with E-state index in [1.165, 1.54) is 22.3 Å². The van der Waals surface area contributed by atoms with Crippen LogP contribution in [0, 0.1) is 0 Å². The number of ether oxygens (including phenoxy) is 1. The summed E-state index contributed by atoms with van der Waals surface area (Å²) in [5.41, 5.74) is 15.2. The monoisotopic (exact) mass is 805 g/mol. The van der Waals surface area contributed by atoms with Crippen molar-refractivity contribution >= 4 is 21.9 Å². The summed E-state index contributed by atoms with van der Waals surface area (Å²) in [7, 11) is 0. The number of para-hydroxylation sites is 2. The van der Waals surface area contributed by atoms with Gasteiger partial charge in [0.15, 0.2) is 17.5 Å². The van der Waals surface area contributed by atoms with Crippen LogP contribution in [0.1, 0.15) is 22.3 Å². The van der Waals surface area contributed by atoms with Crippen molar-refractivity contribution in [2.75, 3.05) is 0 Å². The van der Waals surface area contributed by atoms with Gasteiger partial charge in [0, 0.05) is 44.2 Å². The van der Waals surface area contributed by atoms with Crippen LogP contribution < -0.4 is 4.74 Å². The van der Waals surface area contributed by atoms with Crippen LogP contribution in [0.3, 0.4) is 0 Å². The van der Waals surface area contributed by atoms with Gasteiger partial charge < -0.3 is 9.15 Å². The Kier molecular flexibility index (Phi) is 7.75. The van der Waals surface area contributed by atoms with Crippen molar-refractivity contribution in [3.05, 3.63) is 235 Å². The zero-order valence-corrected chi connectivity index (χ0v) is 33.9. The van der Waals surface area contributed by atoms with Crippen LogP contribution in [0.4, 0.5) is 0 Å². The van der Waals surface area contributed by atoms with E-state index in [0.717, 1.165) is 83.5 Å². The predicted molar refractivity (Wildman–Crippen MR) is 252 cm³/mol. The molecule has 63 heavy (non-hydrogen) atoms. The Bertz CT molecular complexity index is 3570. The summed E-state index contributed by atoms with van der Waals surface area (Å²) in [6, 6.07) is 74.2. The zero-order chi connectivity index (χ0) is 41.5. The first-order valence-electron chi connectivity index (χ1n) is 21.3. The molecule has 0 unspecified atom stereocenters. The number of hydrogen-bond donors (Lipinski definition) is 0. The Morgan fingerprint density at radius 1 is 0.333 bits per heavy atom. The zero-order valence-electron chi connectivity index (χ0n) is 33.9. The van der Waals surface area contributed by atoms with Crippen molar-refractivity contribution < 1.29 is 9.15 Å². The maximum Gasteiger partial charge on any atom is 0.164 e. The van der Waals surface area contributed by atoms with Crippen molar-refractivity contribution in [3.8, 4) is 79.0 Å². The number of hydrogen-bond acceptors (Lipinski definition) is 5. The van der Waals surface area contributed by atoms with Crippen molar-refractivity contribution in [2.45, 2.75) is 5.41 Å². The SMILES string of the molecule is c1ccc(-c2cccc(-c3cccc(-c4nc(-c5ccccc5)nc(-c5ccc6c(c5)oc5c7c(ccc56)C5(c6ccccc6Oc6ccccc65)c5ccccc5-7)n4)c3)c2)cc1. The Morgan fingerprint density at radius 3 is 1.51 bits per heavy atom. The number of furan rings is 1. The summed E-state index contributed by atoms with van der Waals surface area (Å²) in [5.74, 6) is 3.50. The van der Waals surface area contributed by atoms with Crippen LogP contribution in [-0.4, -0.2) is 15.0 Å². The average Bonchev–Trinajstić information content (AvgIpc) is 3.88. The topological polar surface area (TPSA) is 61.0 Å². The van der Waals surface area contributed by atoms with E-state index >= 15 is 0 Å². The minimum Gasteiger partial charge on any atom is -0.457 e. The molecule has 13 rings (SSSR count). The maximum absolute atomic E-state index is 7.06. The third-order valence-corrected chi connectivity index (χ3v) is 12.8. The number of fused-ring (bicyclic) bond motifs is 13. The molecule has 11 aromatic rings. The van der Waals surface area contributed by atoms with E-state index < -0.39 is 5.41 Å². The van der Waals surface area contributed by atoms with Gasteiger partial charge in [0.05, 0.1) is 5.41 Å². The van der Waals surface area contributed by atoms with Crippen molar-refractivity contribution in [1.29, 1.82) is 0 Å². The highest BCUT2D eigenvalue weighted by molar-refractivity contribution is 6.13. The predicted octanol–water partition coefficient (Wildman–Crippen LogP) is 14.6. The second kappa shape index (κ2) is 13.8. The number of rotatable bonds is 5. The smallest absolute Gasteiger partial charge is 0.164 e. The van der Waals surface area contributed by atoms with E-state index in [1.807, 2.05) is 48.5 Å². The molecule has 294 valence electrons.